The third kappa shape index (κ3) is 2.03. The lowest BCUT2D eigenvalue weighted by atomic mass is 10.1. The van der Waals surface area contributed by atoms with E-state index < -0.39 is 0 Å². The van der Waals surface area contributed by atoms with Crippen molar-refractivity contribution in [2.75, 3.05) is 23.7 Å². The molecular formula is C15H18N6. The Morgan fingerprint density at radius 2 is 2.29 bits per heavy atom. The maximum Gasteiger partial charge on any atom is 0.220 e. The summed E-state index contributed by atoms with van der Waals surface area (Å²) in [6.45, 7) is 4.04. The number of hydrogen-bond donors (Lipinski definition) is 2. The molecular weight excluding hydrogens is 264 g/mol. The number of aromatic nitrogens is 3. The summed E-state index contributed by atoms with van der Waals surface area (Å²) in [4.78, 5) is 15.5. The fourth-order valence-electron chi connectivity index (χ4n) is 3.47. The zero-order valence-corrected chi connectivity index (χ0v) is 12.0. The maximum atomic E-state index is 5.87. The Morgan fingerprint density at radius 3 is 2.95 bits per heavy atom. The third-order valence-electron chi connectivity index (χ3n) is 4.35. The van der Waals surface area contributed by atoms with E-state index in [9.17, 15) is 0 Å². The highest BCUT2D eigenvalue weighted by molar-refractivity contribution is 5.78. The molecule has 4 heterocycles. The van der Waals surface area contributed by atoms with Gasteiger partial charge in [0.25, 0.3) is 0 Å². The van der Waals surface area contributed by atoms with Crippen LogP contribution < -0.4 is 16.0 Å². The van der Waals surface area contributed by atoms with Crippen molar-refractivity contribution in [1.29, 1.82) is 0 Å². The quantitative estimate of drug-likeness (QED) is 0.854. The largest absolute Gasteiger partial charge is 0.368 e. The fraction of sp³-hybridized carbons (Fsp3) is 0.400. The molecule has 2 bridgehead atoms. The van der Waals surface area contributed by atoms with Crippen molar-refractivity contribution in [2.24, 2.45) is 0 Å². The molecule has 2 unspecified atom stereocenters. The molecule has 21 heavy (non-hydrogen) atoms. The number of nitrogens with two attached hydrogens (primary N) is 1. The molecule has 0 spiro atoms. The van der Waals surface area contributed by atoms with E-state index in [0.29, 0.717) is 18.0 Å². The number of pyridine rings is 1. The van der Waals surface area contributed by atoms with Crippen LogP contribution in [-0.4, -0.2) is 40.1 Å². The molecule has 4 rings (SSSR count). The van der Waals surface area contributed by atoms with Crippen LogP contribution in [-0.2, 0) is 0 Å². The number of piperazine rings is 1. The zero-order chi connectivity index (χ0) is 14.4. The first-order chi connectivity index (χ1) is 10.2. The van der Waals surface area contributed by atoms with Crippen LogP contribution in [0.15, 0.2) is 24.5 Å². The molecule has 0 saturated carbocycles. The topological polar surface area (TPSA) is 80.0 Å². The summed E-state index contributed by atoms with van der Waals surface area (Å²) < 4.78 is 0. The van der Waals surface area contributed by atoms with Gasteiger partial charge in [-0.1, -0.05) is 0 Å². The standard InChI is InChI=1S/C15H18N6/c1-9-14(21-8-11-5-12(21)7-18-11)13(20-15(16)19-9)10-3-2-4-17-6-10/h2-4,6,11-12,18H,5,7-8H2,1H3,(H2,16,19,20). The molecule has 2 atom stereocenters. The molecule has 2 aliphatic rings. The first-order valence-electron chi connectivity index (χ1n) is 7.27. The lowest BCUT2D eigenvalue weighted by Crippen LogP contribution is -2.44. The van der Waals surface area contributed by atoms with Crippen molar-refractivity contribution in [3.63, 3.8) is 0 Å². The van der Waals surface area contributed by atoms with Gasteiger partial charge in [0.2, 0.25) is 5.95 Å². The van der Waals surface area contributed by atoms with Gasteiger partial charge >= 0.3 is 0 Å². The number of hydrogen-bond acceptors (Lipinski definition) is 6. The van der Waals surface area contributed by atoms with Crippen molar-refractivity contribution >= 4 is 11.6 Å². The number of aryl methyl sites for hydroxylation is 1. The number of nitrogens with zero attached hydrogens (tertiary/aromatic N) is 4. The summed E-state index contributed by atoms with van der Waals surface area (Å²) in [5.41, 5.74) is 9.78. The molecule has 2 aliphatic heterocycles. The van der Waals surface area contributed by atoms with Crippen LogP contribution in [0.25, 0.3) is 11.3 Å². The van der Waals surface area contributed by atoms with Gasteiger partial charge in [0, 0.05) is 43.1 Å². The lowest BCUT2D eigenvalue weighted by molar-refractivity contribution is 0.578. The van der Waals surface area contributed by atoms with E-state index in [2.05, 4.69) is 25.2 Å². The van der Waals surface area contributed by atoms with Gasteiger partial charge in [-0.3, -0.25) is 4.98 Å². The van der Waals surface area contributed by atoms with Gasteiger partial charge in [-0.25, -0.2) is 9.97 Å². The van der Waals surface area contributed by atoms with Crippen LogP contribution in [0.4, 0.5) is 11.6 Å². The van der Waals surface area contributed by atoms with E-state index in [1.165, 1.54) is 6.42 Å². The number of fused-ring (bicyclic) bond motifs is 2. The van der Waals surface area contributed by atoms with Crippen molar-refractivity contribution in [3.8, 4) is 11.3 Å². The number of nitrogens with one attached hydrogen (secondary N) is 1. The highest BCUT2D eigenvalue weighted by Crippen LogP contribution is 2.37. The van der Waals surface area contributed by atoms with E-state index in [1.54, 1.807) is 6.20 Å². The monoisotopic (exact) mass is 282 g/mol. The van der Waals surface area contributed by atoms with Gasteiger partial charge in [-0.05, 0) is 25.5 Å². The van der Waals surface area contributed by atoms with Crippen LogP contribution in [0.1, 0.15) is 12.1 Å². The first-order valence-corrected chi connectivity index (χ1v) is 7.27. The summed E-state index contributed by atoms with van der Waals surface area (Å²) in [7, 11) is 0. The Kier molecular flexibility index (Phi) is 2.78. The maximum absolute atomic E-state index is 5.87. The normalized spacial score (nSPS) is 23.8. The minimum atomic E-state index is 0.317. The predicted molar refractivity (Wildman–Crippen MR) is 82.0 cm³/mol. The minimum Gasteiger partial charge on any atom is -0.368 e. The van der Waals surface area contributed by atoms with E-state index >= 15 is 0 Å². The molecule has 3 N–H and O–H groups in total. The van der Waals surface area contributed by atoms with Crippen LogP contribution in [0, 0.1) is 6.92 Å². The van der Waals surface area contributed by atoms with Crippen LogP contribution in [0.2, 0.25) is 0 Å². The third-order valence-corrected chi connectivity index (χ3v) is 4.35. The van der Waals surface area contributed by atoms with Crippen molar-refractivity contribution in [2.45, 2.75) is 25.4 Å². The number of rotatable bonds is 2. The number of nitrogen functional groups attached to an aromatic ring is 1. The van der Waals surface area contributed by atoms with Gasteiger partial charge in [0.1, 0.15) is 5.69 Å². The second-order valence-corrected chi connectivity index (χ2v) is 5.75. The predicted octanol–water partition coefficient (Wildman–Crippen LogP) is 0.980. The van der Waals surface area contributed by atoms with Gasteiger partial charge < -0.3 is 16.0 Å². The highest BCUT2D eigenvalue weighted by Gasteiger charge is 2.39. The second kappa shape index (κ2) is 4.66. The summed E-state index contributed by atoms with van der Waals surface area (Å²) in [6.07, 6.45) is 4.79. The van der Waals surface area contributed by atoms with Gasteiger partial charge in [-0.2, -0.15) is 0 Å². The van der Waals surface area contributed by atoms with Crippen LogP contribution in [0.5, 0.6) is 0 Å². The lowest BCUT2D eigenvalue weighted by Gasteiger charge is -2.31. The Balaban J connectivity index is 1.86. The Labute approximate surface area is 123 Å². The molecule has 2 aromatic heterocycles. The van der Waals surface area contributed by atoms with Crippen LogP contribution in [0.3, 0.4) is 0 Å². The van der Waals surface area contributed by atoms with E-state index in [-0.39, 0.29) is 0 Å². The average Bonchev–Trinajstić information content (AvgIpc) is 3.10. The SMILES string of the molecule is Cc1nc(N)nc(-c2cccnc2)c1N1CC2CC1CN2. The van der Waals surface area contributed by atoms with Crippen molar-refractivity contribution < 1.29 is 0 Å². The zero-order valence-electron chi connectivity index (χ0n) is 12.0. The molecule has 2 fully saturated rings. The summed E-state index contributed by atoms with van der Waals surface area (Å²) in [6, 6.07) is 5.04. The summed E-state index contributed by atoms with van der Waals surface area (Å²) in [5, 5.41) is 3.53. The summed E-state index contributed by atoms with van der Waals surface area (Å²) >= 11 is 0. The average molecular weight is 282 g/mol. The van der Waals surface area contributed by atoms with Gasteiger partial charge in [0.15, 0.2) is 0 Å². The summed E-state index contributed by atoms with van der Waals surface area (Å²) in [5.74, 6) is 0.317. The Bertz CT molecular complexity index is 671. The molecule has 0 aromatic carbocycles. The van der Waals surface area contributed by atoms with Crippen LogP contribution >= 0.6 is 0 Å². The Hall–Kier alpha value is -2.21. The molecule has 0 amide bonds. The molecule has 0 aliphatic carbocycles. The number of anilines is 2. The van der Waals surface area contributed by atoms with E-state index in [1.807, 2.05) is 25.3 Å². The van der Waals surface area contributed by atoms with Crippen molar-refractivity contribution in [3.05, 3.63) is 30.2 Å². The van der Waals surface area contributed by atoms with Gasteiger partial charge in [0.05, 0.1) is 11.4 Å². The fourth-order valence-corrected chi connectivity index (χ4v) is 3.47. The van der Waals surface area contributed by atoms with E-state index in [4.69, 9.17) is 5.73 Å². The first kappa shape index (κ1) is 12.5. The molecule has 6 heteroatoms. The second-order valence-electron chi connectivity index (χ2n) is 5.75. The Morgan fingerprint density at radius 1 is 1.38 bits per heavy atom. The smallest absolute Gasteiger partial charge is 0.220 e. The van der Waals surface area contributed by atoms with Crippen molar-refractivity contribution in [1.82, 2.24) is 20.3 Å². The van der Waals surface area contributed by atoms with E-state index in [0.717, 1.165) is 35.7 Å². The molecule has 2 aromatic rings. The molecule has 2 saturated heterocycles. The molecule has 6 nitrogen and oxygen atoms in total. The highest BCUT2D eigenvalue weighted by atomic mass is 15.3. The molecule has 108 valence electrons. The van der Waals surface area contributed by atoms with Gasteiger partial charge in [-0.15, -0.1) is 0 Å². The molecule has 0 radical (unpaired) electrons. The minimum absolute atomic E-state index is 0.317.